The molecule has 3 N–H and O–H groups in total. The Labute approximate surface area is 101 Å². The van der Waals surface area contributed by atoms with Gasteiger partial charge in [0, 0.05) is 24.9 Å². The summed E-state index contributed by atoms with van der Waals surface area (Å²) in [6.45, 7) is 5.90. The van der Waals surface area contributed by atoms with Gasteiger partial charge in [-0.1, -0.05) is 0 Å². The lowest BCUT2D eigenvalue weighted by Gasteiger charge is -2.19. The number of hydrogen-bond donors (Lipinski definition) is 2. The van der Waals surface area contributed by atoms with Crippen LogP contribution in [0.3, 0.4) is 0 Å². The average molecular weight is 238 g/mol. The van der Waals surface area contributed by atoms with Crippen molar-refractivity contribution in [3.05, 3.63) is 18.0 Å². The number of rotatable bonds is 3. The quantitative estimate of drug-likeness (QED) is 0.823. The highest BCUT2D eigenvalue weighted by Crippen LogP contribution is 2.06. The van der Waals surface area contributed by atoms with Crippen molar-refractivity contribution in [1.29, 1.82) is 0 Å². The lowest BCUT2D eigenvalue weighted by molar-refractivity contribution is 0.0528. The highest BCUT2D eigenvalue weighted by Gasteiger charge is 2.15. The van der Waals surface area contributed by atoms with Gasteiger partial charge in [-0.25, -0.2) is 14.8 Å². The number of nitrogens with two attached hydrogens (primary N) is 1. The van der Waals surface area contributed by atoms with E-state index in [1.807, 2.05) is 20.8 Å². The maximum absolute atomic E-state index is 11.3. The van der Waals surface area contributed by atoms with Crippen molar-refractivity contribution < 1.29 is 9.53 Å². The summed E-state index contributed by atoms with van der Waals surface area (Å²) in [6, 6.07) is 1.76. The molecular weight excluding hydrogens is 220 g/mol. The molecule has 0 aliphatic carbocycles. The number of amides is 1. The Hall–Kier alpha value is -1.85. The van der Waals surface area contributed by atoms with Crippen LogP contribution in [0.5, 0.6) is 0 Å². The molecule has 6 heteroatoms. The molecule has 0 saturated carbocycles. The van der Waals surface area contributed by atoms with Crippen LogP contribution >= 0.6 is 0 Å². The second-order valence-corrected chi connectivity index (χ2v) is 4.58. The van der Waals surface area contributed by atoms with Crippen LogP contribution in [0, 0.1) is 0 Å². The van der Waals surface area contributed by atoms with Crippen LogP contribution in [0.25, 0.3) is 0 Å². The largest absolute Gasteiger partial charge is 0.444 e. The van der Waals surface area contributed by atoms with Crippen LogP contribution in [0.1, 0.15) is 26.5 Å². The van der Waals surface area contributed by atoms with Gasteiger partial charge in [0.05, 0.1) is 0 Å². The van der Waals surface area contributed by atoms with E-state index >= 15 is 0 Å². The van der Waals surface area contributed by atoms with Crippen molar-refractivity contribution >= 4 is 12.0 Å². The van der Waals surface area contributed by atoms with Gasteiger partial charge in [-0.05, 0) is 26.8 Å². The molecule has 94 valence electrons. The molecule has 0 aliphatic rings. The zero-order valence-electron chi connectivity index (χ0n) is 10.4. The van der Waals surface area contributed by atoms with Crippen molar-refractivity contribution in [3.8, 4) is 0 Å². The smallest absolute Gasteiger partial charge is 0.407 e. The third kappa shape index (κ3) is 5.70. The first kappa shape index (κ1) is 13.2. The Balaban J connectivity index is 2.31. The standard InChI is InChI=1S/C11H18N4O2/c1-11(2,3)17-10(16)14-7-5-8-4-6-13-9(12)15-8/h4,6H,5,7H2,1-3H3,(H,14,16)(H2,12,13,15). The fraction of sp³-hybridized carbons (Fsp3) is 0.545. The summed E-state index contributed by atoms with van der Waals surface area (Å²) in [4.78, 5) is 19.1. The van der Waals surface area contributed by atoms with Gasteiger partial charge in [-0.15, -0.1) is 0 Å². The minimum absolute atomic E-state index is 0.236. The van der Waals surface area contributed by atoms with Gasteiger partial charge >= 0.3 is 6.09 Å². The number of anilines is 1. The van der Waals surface area contributed by atoms with Crippen molar-refractivity contribution in [2.75, 3.05) is 12.3 Å². The molecule has 1 heterocycles. The van der Waals surface area contributed by atoms with E-state index in [-0.39, 0.29) is 5.95 Å². The van der Waals surface area contributed by atoms with Gasteiger partial charge in [0.2, 0.25) is 5.95 Å². The number of ether oxygens (including phenoxy) is 1. The first-order valence-electron chi connectivity index (χ1n) is 5.41. The van der Waals surface area contributed by atoms with E-state index in [1.54, 1.807) is 12.3 Å². The molecule has 0 atom stereocenters. The molecular formula is C11H18N4O2. The molecule has 0 aromatic carbocycles. The second-order valence-electron chi connectivity index (χ2n) is 4.58. The third-order valence-electron chi connectivity index (χ3n) is 1.78. The van der Waals surface area contributed by atoms with Gasteiger partial charge in [0.25, 0.3) is 0 Å². The van der Waals surface area contributed by atoms with Crippen LogP contribution in [-0.2, 0) is 11.2 Å². The molecule has 0 fully saturated rings. The molecule has 17 heavy (non-hydrogen) atoms. The maximum Gasteiger partial charge on any atom is 0.407 e. The number of nitrogens with one attached hydrogen (secondary N) is 1. The summed E-state index contributed by atoms with van der Waals surface area (Å²) < 4.78 is 5.09. The Morgan fingerprint density at radius 2 is 2.24 bits per heavy atom. The maximum atomic E-state index is 11.3. The lowest BCUT2D eigenvalue weighted by atomic mass is 10.2. The molecule has 1 amide bonds. The molecule has 6 nitrogen and oxygen atoms in total. The Kier molecular flexibility index (Phi) is 4.25. The van der Waals surface area contributed by atoms with E-state index in [4.69, 9.17) is 10.5 Å². The van der Waals surface area contributed by atoms with Crippen LogP contribution < -0.4 is 11.1 Å². The molecule has 0 radical (unpaired) electrons. The predicted octanol–water partition coefficient (Wildman–Crippen LogP) is 1.13. The summed E-state index contributed by atoms with van der Waals surface area (Å²) in [6.07, 6.45) is 1.75. The Bertz CT molecular complexity index is 387. The zero-order valence-corrected chi connectivity index (χ0v) is 10.4. The van der Waals surface area contributed by atoms with Crippen LogP contribution in [0.4, 0.5) is 10.7 Å². The van der Waals surface area contributed by atoms with Gasteiger partial charge in [-0.3, -0.25) is 0 Å². The van der Waals surface area contributed by atoms with Crippen LogP contribution in [0.15, 0.2) is 12.3 Å². The molecule has 1 rings (SSSR count). The van der Waals surface area contributed by atoms with E-state index < -0.39 is 11.7 Å². The summed E-state index contributed by atoms with van der Waals surface area (Å²) in [5.74, 6) is 0.236. The van der Waals surface area contributed by atoms with Gasteiger partial charge in [0.1, 0.15) is 5.60 Å². The monoisotopic (exact) mass is 238 g/mol. The summed E-state index contributed by atoms with van der Waals surface area (Å²) in [7, 11) is 0. The fourth-order valence-corrected chi connectivity index (χ4v) is 1.16. The van der Waals surface area contributed by atoms with Gasteiger partial charge in [0.15, 0.2) is 0 Å². The Morgan fingerprint density at radius 3 is 2.82 bits per heavy atom. The average Bonchev–Trinajstić information content (AvgIpc) is 2.14. The predicted molar refractivity (Wildman–Crippen MR) is 64.4 cm³/mol. The van der Waals surface area contributed by atoms with E-state index in [0.717, 1.165) is 5.69 Å². The number of nitrogens with zero attached hydrogens (tertiary/aromatic N) is 2. The summed E-state index contributed by atoms with van der Waals surface area (Å²) in [5.41, 5.74) is 5.74. The number of aromatic nitrogens is 2. The topological polar surface area (TPSA) is 90.1 Å². The fourth-order valence-electron chi connectivity index (χ4n) is 1.16. The number of carbonyl (C=O) groups excluding carboxylic acids is 1. The number of nitrogen functional groups attached to an aromatic ring is 1. The molecule has 1 aromatic rings. The SMILES string of the molecule is CC(C)(C)OC(=O)NCCc1ccnc(N)n1. The van der Waals surface area contributed by atoms with E-state index in [9.17, 15) is 4.79 Å². The molecule has 0 bridgehead atoms. The van der Waals surface area contributed by atoms with Crippen LogP contribution in [-0.4, -0.2) is 28.2 Å². The number of hydrogen-bond acceptors (Lipinski definition) is 5. The minimum atomic E-state index is -0.483. The first-order valence-corrected chi connectivity index (χ1v) is 5.41. The number of alkyl carbamates (subject to hydrolysis) is 1. The van der Waals surface area contributed by atoms with Crippen molar-refractivity contribution in [3.63, 3.8) is 0 Å². The second kappa shape index (κ2) is 5.47. The first-order chi connectivity index (χ1) is 7.87. The molecule has 0 aliphatic heterocycles. The third-order valence-corrected chi connectivity index (χ3v) is 1.78. The molecule has 0 unspecified atom stereocenters. The number of carbonyl (C=O) groups is 1. The Morgan fingerprint density at radius 1 is 1.53 bits per heavy atom. The van der Waals surface area contributed by atoms with Gasteiger partial charge < -0.3 is 15.8 Å². The minimum Gasteiger partial charge on any atom is -0.444 e. The highest BCUT2D eigenvalue weighted by molar-refractivity contribution is 5.67. The normalized spacial score (nSPS) is 11.0. The van der Waals surface area contributed by atoms with E-state index in [1.165, 1.54) is 0 Å². The highest BCUT2D eigenvalue weighted by atomic mass is 16.6. The van der Waals surface area contributed by atoms with Crippen molar-refractivity contribution in [2.45, 2.75) is 32.8 Å². The lowest BCUT2D eigenvalue weighted by Crippen LogP contribution is -2.33. The van der Waals surface area contributed by atoms with E-state index in [0.29, 0.717) is 13.0 Å². The summed E-state index contributed by atoms with van der Waals surface area (Å²) in [5, 5.41) is 2.64. The van der Waals surface area contributed by atoms with Crippen LogP contribution in [0.2, 0.25) is 0 Å². The summed E-state index contributed by atoms with van der Waals surface area (Å²) >= 11 is 0. The van der Waals surface area contributed by atoms with E-state index in [2.05, 4.69) is 15.3 Å². The zero-order chi connectivity index (χ0) is 12.9. The van der Waals surface area contributed by atoms with Crippen molar-refractivity contribution in [1.82, 2.24) is 15.3 Å². The van der Waals surface area contributed by atoms with Crippen molar-refractivity contribution in [2.24, 2.45) is 0 Å². The molecule has 0 saturated heterocycles. The molecule has 1 aromatic heterocycles. The van der Waals surface area contributed by atoms with Gasteiger partial charge in [-0.2, -0.15) is 0 Å². The molecule has 0 spiro atoms.